The summed E-state index contributed by atoms with van der Waals surface area (Å²) < 4.78 is 18.4. The van der Waals surface area contributed by atoms with Crippen LogP contribution in [-0.2, 0) is 9.59 Å². The molecule has 0 spiro atoms. The second kappa shape index (κ2) is 14.7. The number of benzene rings is 4. The van der Waals surface area contributed by atoms with Crippen LogP contribution < -0.4 is 20.7 Å². The number of carbonyl (C=O) groups is 3. The molecule has 0 fully saturated rings. The average Bonchev–Trinajstić information content (AvgIpc) is 3.01. The predicted molar refractivity (Wildman–Crippen MR) is 165 cm³/mol. The Hall–Kier alpha value is -4.89. The van der Waals surface area contributed by atoms with Crippen LogP contribution in [0.25, 0.3) is 6.08 Å². The maximum Gasteiger partial charge on any atom is 0.272 e. The van der Waals surface area contributed by atoms with E-state index in [4.69, 9.17) is 4.74 Å². The molecule has 7 nitrogen and oxygen atoms in total. The number of thioether (sulfide) groups is 1. The number of hydrogen-bond acceptors (Lipinski definition) is 5. The van der Waals surface area contributed by atoms with E-state index in [9.17, 15) is 18.8 Å². The Kier molecular flexibility index (Phi) is 10.5. The molecule has 9 heteroatoms. The maximum atomic E-state index is 13.4. The molecule has 0 heterocycles. The van der Waals surface area contributed by atoms with Crippen LogP contribution in [0.1, 0.15) is 29.3 Å². The summed E-state index contributed by atoms with van der Waals surface area (Å²) in [5.41, 5.74) is 2.16. The Bertz CT molecular complexity index is 1560. The zero-order valence-corrected chi connectivity index (χ0v) is 23.9. The second-order valence-electron chi connectivity index (χ2n) is 9.14. The van der Waals surface area contributed by atoms with Gasteiger partial charge in [-0.05, 0) is 84.8 Å². The largest absolute Gasteiger partial charge is 0.497 e. The first kappa shape index (κ1) is 30.1. The van der Waals surface area contributed by atoms with Crippen molar-refractivity contribution in [1.29, 1.82) is 0 Å². The van der Waals surface area contributed by atoms with Crippen LogP contribution in [-0.4, -0.2) is 30.1 Å². The smallest absolute Gasteiger partial charge is 0.272 e. The van der Waals surface area contributed by atoms with Gasteiger partial charge in [-0.2, -0.15) is 0 Å². The third kappa shape index (κ3) is 8.55. The van der Waals surface area contributed by atoms with Gasteiger partial charge in [0, 0.05) is 21.8 Å². The highest BCUT2D eigenvalue weighted by Crippen LogP contribution is 2.29. The van der Waals surface area contributed by atoms with Crippen LogP contribution in [0.5, 0.6) is 5.75 Å². The number of halogens is 1. The van der Waals surface area contributed by atoms with Gasteiger partial charge in [-0.25, -0.2) is 4.39 Å². The van der Waals surface area contributed by atoms with Crippen LogP contribution >= 0.6 is 11.8 Å². The monoisotopic (exact) mass is 583 g/mol. The molecule has 214 valence electrons. The lowest BCUT2D eigenvalue weighted by Crippen LogP contribution is -2.30. The molecule has 0 radical (unpaired) electrons. The molecule has 4 aromatic carbocycles. The summed E-state index contributed by atoms with van der Waals surface area (Å²) in [5.74, 6) is -0.865. The molecule has 0 aliphatic carbocycles. The molecular weight excluding hydrogens is 553 g/mol. The van der Waals surface area contributed by atoms with E-state index in [1.807, 2.05) is 13.0 Å². The van der Waals surface area contributed by atoms with E-state index in [1.54, 1.807) is 86.0 Å². The summed E-state index contributed by atoms with van der Waals surface area (Å²) in [6, 6.07) is 28.4. The van der Waals surface area contributed by atoms with Gasteiger partial charge in [-0.15, -0.1) is 11.8 Å². The van der Waals surface area contributed by atoms with E-state index < -0.39 is 17.1 Å². The number of carbonyl (C=O) groups excluding carboxylic acids is 3. The maximum absolute atomic E-state index is 13.4. The van der Waals surface area contributed by atoms with E-state index in [2.05, 4.69) is 16.0 Å². The molecule has 0 saturated carbocycles. The second-order valence-corrected chi connectivity index (χ2v) is 10.4. The third-order valence-corrected chi connectivity index (χ3v) is 7.46. The molecule has 0 aliphatic heterocycles. The van der Waals surface area contributed by atoms with Crippen LogP contribution in [0, 0.1) is 5.82 Å². The fourth-order valence-electron chi connectivity index (χ4n) is 3.90. The zero-order valence-electron chi connectivity index (χ0n) is 23.1. The molecule has 1 unspecified atom stereocenters. The normalized spacial score (nSPS) is 11.7. The number of hydrogen-bond donors (Lipinski definition) is 3. The summed E-state index contributed by atoms with van der Waals surface area (Å²) >= 11 is 1.35. The summed E-state index contributed by atoms with van der Waals surface area (Å²) in [5, 5.41) is 7.97. The zero-order chi connectivity index (χ0) is 29.9. The van der Waals surface area contributed by atoms with Crippen molar-refractivity contribution < 1.29 is 23.5 Å². The minimum atomic E-state index is -0.515. The Balaban J connectivity index is 1.50. The minimum Gasteiger partial charge on any atom is -0.497 e. The van der Waals surface area contributed by atoms with Gasteiger partial charge in [0.2, 0.25) is 5.91 Å². The lowest BCUT2D eigenvalue weighted by Gasteiger charge is -2.16. The van der Waals surface area contributed by atoms with E-state index in [-0.39, 0.29) is 17.4 Å². The fourth-order valence-corrected chi connectivity index (χ4v) is 4.91. The van der Waals surface area contributed by atoms with E-state index in [0.29, 0.717) is 34.7 Å². The van der Waals surface area contributed by atoms with Gasteiger partial charge in [0.25, 0.3) is 11.8 Å². The summed E-state index contributed by atoms with van der Waals surface area (Å²) in [6.07, 6.45) is 2.13. The first-order valence-electron chi connectivity index (χ1n) is 13.2. The number of rotatable bonds is 11. The Labute approximate surface area is 248 Å². The standard InChI is InChI=1S/C33H30FN3O4S/c1-3-30(33(40)35-25-16-14-24(34)15-17-25)42-28-11-7-10-26(21-28)36-32(39)29(20-22-12-18-27(41-2)19-13-22)37-31(38)23-8-5-4-6-9-23/h4-21,30H,3H2,1-2H3,(H,35,40)(H,36,39)(H,37,38)/b29-20+. The molecule has 4 rings (SSSR count). The van der Waals surface area contributed by atoms with Gasteiger partial charge in [0.1, 0.15) is 17.3 Å². The molecule has 42 heavy (non-hydrogen) atoms. The molecular formula is C33H30FN3O4S. The van der Waals surface area contributed by atoms with Crippen molar-refractivity contribution in [2.45, 2.75) is 23.5 Å². The Morgan fingerprint density at radius 2 is 1.57 bits per heavy atom. The lowest BCUT2D eigenvalue weighted by atomic mass is 10.1. The van der Waals surface area contributed by atoms with Crippen LogP contribution in [0.3, 0.4) is 0 Å². The molecule has 0 bridgehead atoms. The molecule has 1 atom stereocenters. The van der Waals surface area contributed by atoms with Gasteiger partial charge < -0.3 is 20.7 Å². The van der Waals surface area contributed by atoms with Gasteiger partial charge in [0.15, 0.2) is 0 Å². The van der Waals surface area contributed by atoms with Crippen molar-refractivity contribution in [3.63, 3.8) is 0 Å². The third-order valence-electron chi connectivity index (χ3n) is 6.10. The highest BCUT2D eigenvalue weighted by molar-refractivity contribution is 8.00. The first-order valence-corrected chi connectivity index (χ1v) is 14.1. The number of nitrogens with one attached hydrogen (secondary N) is 3. The van der Waals surface area contributed by atoms with Crippen molar-refractivity contribution in [1.82, 2.24) is 5.32 Å². The SMILES string of the molecule is CCC(Sc1cccc(NC(=O)/C(=C\c2ccc(OC)cc2)NC(=O)c2ccccc2)c1)C(=O)Nc1ccc(F)cc1. The highest BCUT2D eigenvalue weighted by atomic mass is 32.2. The van der Waals surface area contributed by atoms with Crippen molar-refractivity contribution in [2.24, 2.45) is 0 Å². The fraction of sp³-hybridized carbons (Fsp3) is 0.121. The average molecular weight is 584 g/mol. The van der Waals surface area contributed by atoms with Crippen LogP contribution in [0.15, 0.2) is 114 Å². The highest BCUT2D eigenvalue weighted by Gasteiger charge is 2.19. The van der Waals surface area contributed by atoms with Gasteiger partial charge in [-0.1, -0.05) is 43.3 Å². The van der Waals surface area contributed by atoms with Gasteiger partial charge >= 0.3 is 0 Å². The van der Waals surface area contributed by atoms with E-state index >= 15 is 0 Å². The predicted octanol–water partition coefficient (Wildman–Crippen LogP) is 6.75. The van der Waals surface area contributed by atoms with E-state index in [0.717, 1.165) is 4.90 Å². The molecule has 0 aliphatic rings. The quantitative estimate of drug-likeness (QED) is 0.134. The molecule has 4 aromatic rings. The topological polar surface area (TPSA) is 96.5 Å². The number of anilines is 2. The van der Waals surface area contributed by atoms with Crippen molar-refractivity contribution in [3.05, 3.63) is 126 Å². The Morgan fingerprint density at radius 1 is 0.857 bits per heavy atom. The lowest BCUT2D eigenvalue weighted by molar-refractivity contribution is -0.116. The van der Waals surface area contributed by atoms with Crippen LogP contribution in [0.4, 0.5) is 15.8 Å². The van der Waals surface area contributed by atoms with Crippen molar-refractivity contribution >= 4 is 46.9 Å². The molecule has 3 amide bonds. The number of ether oxygens (including phenoxy) is 1. The molecule has 3 N–H and O–H groups in total. The molecule has 0 aromatic heterocycles. The summed E-state index contributed by atoms with van der Waals surface area (Å²) in [4.78, 5) is 40.0. The van der Waals surface area contributed by atoms with Gasteiger partial charge in [0.05, 0.1) is 12.4 Å². The first-order chi connectivity index (χ1) is 20.3. The van der Waals surface area contributed by atoms with Gasteiger partial charge in [-0.3, -0.25) is 14.4 Å². The number of amides is 3. The summed E-state index contributed by atoms with van der Waals surface area (Å²) in [6.45, 7) is 1.90. The minimum absolute atomic E-state index is 0.0530. The van der Waals surface area contributed by atoms with Crippen LogP contribution in [0.2, 0.25) is 0 Å². The number of methoxy groups -OCH3 is 1. The van der Waals surface area contributed by atoms with E-state index in [1.165, 1.54) is 36.0 Å². The van der Waals surface area contributed by atoms with Crippen molar-refractivity contribution in [3.8, 4) is 5.75 Å². The Morgan fingerprint density at radius 3 is 2.24 bits per heavy atom. The van der Waals surface area contributed by atoms with Crippen molar-refractivity contribution in [2.75, 3.05) is 17.7 Å². The molecule has 0 saturated heterocycles. The summed E-state index contributed by atoms with van der Waals surface area (Å²) in [7, 11) is 1.57.